The molecule has 1 aromatic rings. The van der Waals surface area contributed by atoms with Gasteiger partial charge in [-0.2, -0.15) is 11.8 Å². The van der Waals surface area contributed by atoms with Crippen LogP contribution >= 0.6 is 23.1 Å². The Morgan fingerprint density at radius 1 is 1.21 bits per heavy atom. The number of thioether (sulfide) groups is 1. The van der Waals surface area contributed by atoms with Gasteiger partial charge in [-0.1, -0.05) is 34.6 Å². The molecule has 1 heterocycles. The van der Waals surface area contributed by atoms with Gasteiger partial charge in [-0.25, -0.2) is 4.98 Å². The lowest BCUT2D eigenvalue weighted by atomic mass is 10.1. The predicted octanol–water partition coefficient (Wildman–Crippen LogP) is 4.34. The summed E-state index contributed by atoms with van der Waals surface area (Å²) in [6, 6.07) is 0. The van der Waals surface area contributed by atoms with Crippen LogP contribution in [0.1, 0.15) is 50.2 Å². The van der Waals surface area contributed by atoms with Crippen LogP contribution in [-0.2, 0) is 18.7 Å². The fourth-order valence-corrected chi connectivity index (χ4v) is 3.98. The van der Waals surface area contributed by atoms with Crippen LogP contribution in [-0.4, -0.2) is 17.3 Å². The Bertz CT molecular complexity index is 359. The van der Waals surface area contributed by atoms with Crippen LogP contribution in [0.25, 0.3) is 0 Å². The Morgan fingerprint density at radius 3 is 2.53 bits per heavy atom. The molecule has 110 valence electrons. The molecule has 4 heteroatoms. The van der Waals surface area contributed by atoms with Crippen LogP contribution in [0.15, 0.2) is 0 Å². The number of rotatable bonds is 9. The lowest BCUT2D eigenvalue weighted by molar-refractivity contribution is 0.626. The Hall–Kier alpha value is -0.0600. The van der Waals surface area contributed by atoms with E-state index in [0.29, 0.717) is 5.92 Å². The minimum absolute atomic E-state index is 0.679. The molecule has 0 aliphatic heterocycles. The summed E-state index contributed by atoms with van der Waals surface area (Å²) >= 11 is 3.91. The molecular weight excluding hydrogens is 272 g/mol. The van der Waals surface area contributed by atoms with Crippen molar-refractivity contribution in [1.82, 2.24) is 10.3 Å². The molecule has 0 aliphatic rings. The highest BCUT2D eigenvalue weighted by molar-refractivity contribution is 7.98. The third-order valence-corrected chi connectivity index (χ3v) is 5.30. The van der Waals surface area contributed by atoms with E-state index in [9.17, 15) is 0 Å². The van der Waals surface area contributed by atoms with E-state index >= 15 is 0 Å². The van der Waals surface area contributed by atoms with E-state index < -0.39 is 0 Å². The van der Waals surface area contributed by atoms with Crippen LogP contribution in [0.4, 0.5) is 0 Å². The Kier molecular flexibility index (Phi) is 8.03. The number of nitrogens with one attached hydrogen (secondary N) is 1. The molecule has 19 heavy (non-hydrogen) atoms. The second-order valence-electron chi connectivity index (χ2n) is 5.76. The second kappa shape index (κ2) is 8.98. The van der Waals surface area contributed by atoms with Gasteiger partial charge in [-0.3, -0.25) is 0 Å². The summed E-state index contributed by atoms with van der Waals surface area (Å²) in [4.78, 5) is 6.30. The summed E-state index contributed by atoms with van der Waals surface area (Å²) in [6.45, 7) is 13.2. The van der Waals surface area contributed by atoms with Gasteiger partial charge in [0.25, 0.3) is 0 Å². The smallest absolute Gasteiger partial charge is 0.103 e. The van der Waals surface area contributed by atoms with Gasteiger partial charge in [-0.15, -0.1) is 11.3 Å². The van der Waals surface area contributed by atoms with Crippen LogP contribution in [0.2, 0.25) is 0 Å². The summed E-state index contributed by atoms with van der Waals surface area (Å²) in [5.74, 6) is 3.74. The van der Waals surface area contributed by atoms with Gasteiger partial charge in [0.1, 0.15) is 5.01 Å². The largest absolute Gasteiger partial charge is 0.312 e. The lowest BCUT2D eigenvalue weighted by Crippen LogP contribution is -2.12. The number of hydrogen-bond acceptors (Lipinski definition) is 4. The summed E-state index contributed by atoms with van der Waals surface area (Å²) < 4.78 is 0. The normalized spacial score (nSPS) is 11.7. The average Bonchev–Trinajstić information content (AvgIpc) is 2.67. The van der Waals surface area contributed by atoms with Crippen LogP contribution < -0.4 is 5.32 Å². The van der Waals surface area contributed by atoms with Gasteiger partial charge in [-0.05, 0) is 30.6 Å². The van der Waals surface area contributed by atoms with E-state index in [4.69, 9.17) is 4.98 Å². The molecule has 0 radical (unpaired) electrons. The molecular formula is C15H28N2S2. The molecule has 0 fully saturated rings. The van der Waals surface area contributed by atoms with Gasteiger partial charge in [0.05, 0.1) is 5.69 Å². The zero-order valence-corrected chi connectivity index (χ0v) is 14.6. The van der Waals surface area contributed by atoms with Crippen LogP contribution in [0.5, 0.6) is 0 Å². The predicted molar refractivity (Wildman–Crippen MR) is 89.0 cm³/mol. The maximum atomic E-state index is 4.86. The highest BCUT2D eigenvalue weighted by Gasteiger charge is 2.12. The minimum Gasteiger partial charge on any atom is -0.312 e. The van der Waals surface area contributed by atoms with E-state index in [1.807, 2.05) is 23.1 Å². The third kappa shape index (κ3) is 6.77. The molecule has 0 unspecified atom stereocenters. The first-order valence-electron chi connectivity index (χ1n) is 7.28. The van der Waals surface area contributed by atoms with Gasteiger partial charge in [0, 0.05) is 17.2 Å². The molecule has 0 aliphatic carbocycles. The van der Waals surface area contributed by atoms with Crippen molar-refractivity contribution in [2.75, 3.05) is 12.3 Å². The quantitative estimate of drug-likeness (QED) is 0.734. The SMILES string of the molecule is CCNCc1sc(CSCC(C)C)nc1CC(C)C. The highest BCUT2D eigenvalue weighted by atomic mass is 32.2. The summed E-state index contributed by atoms with van der Waals surface area (Å²) in [5, 5.41) is 4.73. The molecule has 0 bridgehead atoms. The van der Waals surface area contributed by atoms with E-state index in [1.165, 1.54) is 21.3 Å². The molecule has 2 nitrogen and oxygen atoms in total. The molecule has 0 spiro atoms. The number of nitrogens with zero attached hydrogens (tertiary/aromatic N) is 1. The van der Waals surface area contributed by atoms with Gasteiger partial charge < -0.3 is 5.32 Å². The van der Waals surface area contributed by atoms with Gasteiger partial charge >= 0.3 is 0 Å². The molecule has 1 N–H and O–H groups in total. The lowest BCUT2D eigenvalue weighted by Gasteiger charge is -2.05. The monoisotopic (exact) mass is 300 g/mol. The molecule has 1 aromatic heterocycles. The summed E-state index contributed by atoms with van der Waals surface area (Å²) in [6.07, 6.45) is 1.10. The van der Waals surface area contributed by atoms with Crippen molar-refractivity contribution in [1.29, 1.82) is 0 Å². The van der Waals surface area contributed by atoms with Gasteiger partial charge in [0.15, 0.2) is 0 Å². The van der Waals surface area contributed by atoms with Crippen molar-refractivity contribution in [2.45, 2.75) is 53.3 Å². The zero-order valence-electron chi connectivity index (χ0n) is 13.0. The minimum atomic E-state index is 0.679. The van der Waals surface area contributed by atoms with Crippen molar-refractivity contribution < 1.29 is 0 Å². The van der Waals surface area contributed by atoms with Crippen molar-refractivity contribution in [3.8, 4) is 0 Å². The maximum Gasteiger partial charge on any atom is 0.103 e. The topological polar surface area (TPSA) is 24.9 Å². The molecule has 0 amide bonds. The first kappa shape index (κ1) is 17.0. The first-order chi connectivity index (χ1) is 9.02. The van der Waals surface area contributed by atoms with Crippen LogP contribution in [0.3, 0.4) is 0 Å². The summed E-state index contributed by atoms with van der Waals surface area (Å²) in [7, 11) is 0. The maximum absolute atomic E-state index is 4.86. The van der Waals surface area contributed by atoms with Crippen LogP contribution in [0, 0.1) is 11.8 Å². The van der Waals surface area contributed by atoms with Gasteiger partial charge in [0.2, 0.25) is 0 Å². The second-order valence-corrected chi connectivity index (χ2v) is 7.96. The number of hydrogen-bond donors (Lipinski definition) is 1. The third-order valence-electron chi connectivity index (χ3n) is 2.64. The summed E-state index contributed by atoms with van der Waals surface area (Å²) in [5.41, 5.74) is 1.32. The number of thiazole rings is 1. The van der Waals surface area contributed by atoms with E-state index in [1.54, 1.807) is 0 Å². The van der Waals surface area contributed by atoms with Crippen molar-refractivity contribution in [3.63, 3.8) is 0 Å². The highest BCUT2D eigenvalue weighted by Crippen LogP contribution is 2.25. The van der Waals surface area contributed by atoms with E-state index in [-0.39, 0.29) is 0 Å². The number of aromatic nitrogens is 1. The zero-order chi connectivity index (χ0) is 14.3. The molecule has 0 aromatic carbocycles. The Balaban J connectivity index is 2.63. The van der Waals surface area contributed by atoms with Crippen molar-refractivity contribution in [2.24, 2.45) is 11.8 Å². The molecule has 0 atom stereocenters. The first-order valence-corrected chi connectivity index (χ1v) is 9.25. The molecule has 1 rings (SSSR count). The molecule has 0 saturated heterocycles. The van der Waals surface area contributed by atoms with E-state index in [0.717, 1.165) is 31.2 Å². The Labute approximate surface area is 126 Å². The molecule has 0 saturated carbocycles. The average molecular weight is 301 g/mol. The van der Waals surface area contributed by atoms with E-state index in [2.05, 4.69) is 39.9 Å². The fourth-order valence-electron chi connectivity index (χ4n) is 1.80. The van der Waals surface area contributed by atoms with Crippen molar-refractivity contribution in [3.05, 3.63) is 15.6 Å². The fraction of sp³-hybridized carbons (Fsp3) is 0.800. The van der Waals surface area contributed by atoms with Crippen molar-refractivity contribution >= 4 is 23.1 Å². The Morgan fingerprint density at radius 2 is 1.95 bits per heavy atom. The standard InChI is InChI=1S/C15H28N2S2/c1-6-16-8-14-13(7-11(2)3)17-15(19-14)10-18-9-12(4)5/h11-12,16H,6-10H2,1-5H3.